The maximum atomic E-state index is 12.7. The summed E-state index contributed by atoms with van der Waals surface area (Å²) in [6, 6.07) is 12.0. The van der Waals surface area contributed by atoms with Gasteiger partial charge in [0.25, 0.3) is 5.91 Å². The summed E-state index contributed by atoms with van der Waals surface area (Å²) in [5.41, 5.74) is 6.07. The number of nitrogens with two attached hydrogens (primary N) is 1. The van der Waals surface area contributed by atoms with Gasteiger partial charge in [0.05, 0.1) is 18.1 Å². The first-order valence-corrected chi connectivity index (χ1v) is 9.71. The van der Waals surface area contributed by atoms with Crippen LogP contribution in [0.2, 0.25) is 0 Å². The molecule has 3 N–H and O–H groups in total. The van der Waals surface area contributed by atoms with E-state index in [1.807, 2.05) is 0 Å². The van der Waals surface area contributed by atoms with Crippen molar-refractivity contribution in [2.45, 2.75) is 4.90 Å². The van der Waals surface area contributed by atoms with E-state index in [9.17, 15) is 18.0 Å². The summed E-state index contributed by atoms with van der Waals surface area (Å²) in [5.74, 6) is -1.10. The standard InChI is InChI=1S/C18H19N3O5S/c19-17(22)13-3-1-5-15(11-13)20-18(23)14-4-2-6-16(12-14)27(24,25)21-7-9-26-10-8-21/h1-6,11-12H,7-10H2,(H2,19,22)(H,20,23). The molecule has 3 rings (SSSR count). The third-order valence-electron chi connectivity index (χ3n) is 4.11. The first-order chi connectivity index (χ1) is 12.9. The number of nitrogens with zero attached hydrogens (tertiary/aromatic N) is 1. The van der Waals surface area contributed by atoms with Crippen molar-refractivity contribution in [3.8, 4) is 0 Å². The van der Waals surface area contributed by atoms with Gasteiger partial charge in [-0.1, -0.05) is 12.1 Å². The number of nitrogens with one attached hydrogen (secondary N) is 1. The zero-order chi connectivity index (χ0) is 19.4. The Kier molecular flexibility index (Phi) is 5.54. The van der Waals surface area contributed by atoms with E-state index in [2.05, 4.69) is 5.32 Å². The van der Waals surface area contributed by atoms with Gasteiger partial charge in [0.2, 0.25) is 15.9 Å². The Bertz CT molecular complexity index is 968. The molecular formula is C18H19N3O5S. The number of ether oxygens (including phenoxy) is 1. The van der Waals surface area contributed by atoms with E-state index in [0.29, 0.717) is 18.9 Å². The monoisotopic (exact) mass is 389 g/mol. The summed E-state index contributed by atoms with van der Waals surface area (Å²) in [7, 11) is -3.70. The Labute approximate surface area is 157 Å². The minimum Gasteiger partial charge on any atom is -0.379 e. The van der Waals surface area contributed by atoms with Crippen molar-refractivity contribution in [2.75, 3.05) is 31.6 Å². The van der Waals surface area contributed by atoms with Gasteiger partial charge in [0.15, 0.2) is 0 Å². The van der Waals surface area contributed by atoms with Crippen LogP contribution in [0, 0.1) is 0 Å². The normalized spacial score (nSPS) is 15.3. The zero-order valence-electron chi connectivity index (χ0n) is 14.4. The molecule has 1 fully saturated rings. The predicted molar refractivity (Wildman–Crippen MR) is 98.9 cm³/mol. The molecule has 1 heterocycles. The lowest BCUT2D eigenvalue weighted by Crippen LogP contribution is -2.40. The SMILES string of the molecule is NC(=O)c1cccc(NC(=O)c2cccc(S(=O)(=O)N3CCOCC3)c2)c1. The molecule has 2 aromatic rings. The number of morpholine rings is 1. The van der Waals surface area contributed by atoms with Crippen LogP contribution in [0.5, 0.6) is 0 Å². The molecule has 1 saturated heterocycles. The number of sulfonamides is 1. The number of carbonyl (C=O) groups excluding carboxylic acids is 2. The third-order valence-corrected chi connectivity index (χ3v) is 6.00. The molecule has 8 nitrogen and oxygen atoms in total. The van der Waals surface area contributed by atoms with Gasteiger partial charge >= 0.3 is 0 Å². The van der Waals surface area contributed by atoms with Crippen molar-refractivity contribution < 1.29 is 22.7 Å². The lowest BCUT2D eigenvalue weighted by molar-refractivity contribution is 0.0730. The highest BCUT2D eigenvalue weighted by atomic mass is 32.2. The van der Waals surface area contributed by atoms with Crippen LogP contribution in [0.25, 0.3) is 0 Å². The molecule has 0 atom stereocenters. The Morgan fingerprint density at radius 2 is 1.67 bits per heavy atom. The number of carbonyl (C=O) groups is 2. The fraction of sp³-hybridized carbons (Fsp3) is 0.222. The van der Waals surface area contributed by atoms with E-state index in [0.717, 1.165) is 0 Å². The number of amides is 2. The minimum absolute atomic E-state index is 0.0444. The van der Waals surface area contributed by atoms with Crippen molar-refractivity contribution in [2.24, 2.45) is 5.73 Å². The zero-order valence-corrected chi connectivity index (χ0v) is 15.2. The van der Waals surface area contributed by atoms with Crippen molar-refractivity contribution in [3.05, 3.63) is 59.7 Å². The molecule has 142 valence electrons. The van der Waals surface area contributed by atoms with E-state index < -0.39 is 21.8 Å². The molecule has 0 saturated carbocycles. The highest BCUT2D eigenvalue weighted by Crippen LogP contribution is 2.19. The quantitative estimate of drug-likeness (QED) is 0.792. The number of benzene rings is 2. The maximum Gasteiger partial charge on any atom is 0.255 e. The fourth-order valence-corrected chi connectivity index (χ4v) is 4.14. The average Bonchev–Trinajstić information content (AvgIpc) is 2.69. The number of anilines is 1. The van der Waals surface area contributed by atoms with Crippen LogP contribution in [-0.2, 0) is 14.8 Å². The maximum absolute atomic E-state index is 12.7. The van der Waals surface area contributed by atoms with Gasteiger partial charge in [0.1, 0.15) is 0 Å². The second kappa shape index (κ2) is 7.87. The van der Waals surface area contributed by atoms with Gasteiger partial charge in [-0.25, -0.2) is 8.42 Å². The van der Waals surface area contributed by atoms with E-state index in [1.165, 1.54) is 40.7 Å². The molecule has 0 unspecified atom stereocenters. The van der Waals surface area contributed by atoms with Gasteiger partial charge in [-0.3, -0.25) is 9.59 Å². The van der Waals surface area contributed by atoms with E-state index in [4.69, 9.17) is 10.5 Å². The first kappa shape index (κ1) is 19.0. The average molecular weight is 389 g/mol. The van der Waals surface area contributed by atoms with Crippen molar-refractivity contribution in [1.29, 1.82) is 0 Å². The molecule has 1 aliphatic rings. The van der Waals surface area contributed by atoms with Crippen molar-refractivity contribution in [1.82, 2.24) is 4.31 Å². The molecular weight excluding hydrogens is 370 g/mol. The van der Waals surface area contributed by atoms with Crippen LogP contribution >= 0.6 is 0 Å². The van der Waals surface area contributed by atoms with Crippen LogP contribution in [0.1, 0.15) is 20.7 Å². The smallest absolute Gasteiger partial charge is 0.255 e. The Balaban J connectivity index is 1.81. The molecule has 2 aromatic carbocycles. The Morgan fingerprint density at radius 3 is 2.37 bits per heavy atom. The van der Waals surface area contributed by atoms with Gasteiger partial charge in [-0.05, 0) is 36.4 Å². The summed E-state index contributed by atoms with van der Waals surface area (Å²) in [4.78, 5) is 23.8. The highest BCUT2D eigenvalue weighted by Gasteiger charge is 2.26. The van der Waals surface area contributed by atoms with Crippen LogP contribution in [0.3, 0.4) is 0 Å². The molecule has 9 heteroatoms. The summed E-state index contributed by atoms with van der Waals surface area (Å²) in [6.45, 7) is 1.24. The summed E-state index contributed by atoms with van der Waals surface area (Å²) in [6.07, 6.45) is 0. The largest absolute Gasteiger partial charge is 0.379 e. The first-order valence-electron chi connectivity index (χ1n) is 8.27. The van der Waals surface area contributed by atoms with Crippen LogP contribution in [0.15, 0.2) is 53.4 Å². The topological polar surface area (TPSA) is 119 Å². The summed E-state index contributed by atoms with van der Waals surface area (Å²) < 4.78 is 32.0. The van der Waals surface area contributed by atoms with E-state index in [1.54, 1.807) is 12.1 Å². The van der Waals surface area contributed by atoms with Crippen LogP contribution in [-0.4, -0.2) is 50.8 Å². The van der Waals surface area contributed by atoms with E-state index in [-0.39, 0.29) is 29.1 Å². The van der Waals surface area contributed by atoms with Crippen molar-refractivity contribution >= 4 is 27.5 Å². The summed E-state index contributed by atoms with van der Waals surface area (Å²) >= 11 is 0. The predicted octanol–water partition coefficient (Wildman–Crippen LogP) is 1.06. The molecule has 0 aromatic heterocycles. The summed E-state index contributed by atoms with van der Waals surface area (Å²) in [5, 5.41) is 2.64. The minimum atomic E-state index is -3.70. The third kappa shape index (κ3) is 4.33. The Hall–Kier alpha value is -2.75. The molecule has 27 heavy (non-hydrogen) atoms. The lowest BCUT2D eigenvalue weighted by atomic mass is 10.1. The molecule has 1 aliphatic heterocycles. The number of rotatable bonds is 5. The molecule has 2 amide bonds. The molecule has 0 bridgehead atoms. The molecule has 0 aliphatic carbocycles. The molecule has 0 radical (unpaired) electrons. The number of hydrogen-bond acceptors (Lipinski definition) is 5. The number of primary amides is 1. The van der Waals surface area contributed by atoms with Gasteiger partial charge in [0, 0.05) is 29.9 Å². The Morgan fingerprint density at radius 1 is 1.00 bits per heavy atom. The second-order valence-corrected chi connectivity index (χ2v) is 7.88. The number of hydrogen-bond donors (Lipinski definition) is 2. The van der Waals surface area contributed by atoms with Gasteiger partial charge in [-0.2, -0.15) is 4.31 Å². The second-order valence-electron chi connectivity index (χ2n) is 5.94. The molecule has 0 spiro atoms. The highest BCUT2D eigenvalue weighted by molar-refractivity contribution is 7.89. The van der Waals surface area contributed by atoms with E-state index >= 15 is 0 Å². The van der Waals surface area contributed by atoms with Crippen LogP contribution in [0.4, 0.5) is 5.69 Å². The van der Waals surface area contributed by atoms with Gasteiger partial charge < -0.3 is 15.8 Å². The van der Waals surface area contributed by atoms with Crippen LogP contribution < -0.4 is 11.1 Å². The van der Waals surface area contributed by atoms with Gasteiger partial charge in [-0.15, -0.1) is 0 Å². The lowest BCUT2D eigenvalue weighted by Gasteiger charge is -2.26. The fourth-order valence-electron chi connectivity index (χ4n) is 2.69. The van der Waals surface area contributed by atoms with Crippen molar-refractivity contribution in [3.63, 3.8) is 0 Å².